The fourth-order valence-corrected chi connectivity index (χ4v) is 3.94. The lowest BCUT2D eigenvalue weighted by Crippen LogP contribution is -2.32. The summed E-state index contributed by atoms with van der Waals surface area (Å²) in [6.45, 7) is 2.41. The fourth-order valence-electron chi connectivity index (χ4n) is 3.94. The van der Waals surface area contributed by atoms with Crippen LogP contribution in [0, 0.1) is 5.92 Å². The minimum absolute atomic E-state index is 0.0902. The smallest absolute Gasteiger partial charge is 0.261 e. The van der Waals surface area contributed by atoms with E-state index in [0.29, 0.717) is 17.8 Å². The molecule has 3 heterocycles. The number of likely N-dealkylation sites (tertiary alicyclic amines) is 1. The highest BCUT2D eigenvalue weighted by Crippen LogP contribution is 2.35. The summed E-state index contributed by atoms with van der Waals surface area (Å²) in [5.41, 5.74) is 1.69. The van der Waals surface area contributed by atoms with Gasteiger partial charge in [0.05, 0.1) is 23.1 Å². The van der Waals surface area contributed by atoms with Gasteiger partial charge in [0.2, 0.25) is 0 Å². The van der Waals surface area contributed by atoms with Crippen molar-refractivity contribution in [2.45, 2.75) is 44.8 Å². The Hall–Kier alpha value is -2.54. The van der Waals surface area contributed by atoms with Crippen LogP contribution in [0.1, 0.15) is 43.2 Å². The van der Waals surface area contributed by atoms with Gasteiger partial charge in [0.15, 0.2) is 0 Å². The van der Waals surface area contributed by atoms with Crippen LogP contribution in [0.3, 0.4) is 0 Å². The number of rotatable bonds is 5. The molecule has 1 aromatic carbocycles. The second kappa shape index (κ2) is 6.32. The molecule has 2 fully saturated rings. The molecule has 0 bridgehead atoms. The first-order chi connectivity index (χ1) is 12.8. The molecule has 2 aliphatic rings. The highest BCUT2D eigenvalue weighted by atomic mass is 16.6. The van der Waals surface area contributed by atoms with Crippen molar-refractivity contribution >= 4 is 10.9 Å². The van der Waals surface area contributed by atoms with Gasteiger partial charge in [0.1, 0.15) is 11.5 Å². The summed E-state index contributed by atoms with van der Waals surface area (Å²) in [7, 11) is 0. The first-order valence-corrected chi connectivity index (χ1v) is 9.29. The van der Waals surface area contributed by atoms with Crippen molar-refractivity contribution < 1.29 is 4.63 Å². The van der Waals surface area contributed by atoms with Gasteiger partial charge in [-0.3, -0.25) is 14.3 Å². The van der Waals surface area contributed by atoms with Crippen LogP contribution in [0.5, 0.6) is 0 Å². The molecular weight excluding hydrogens is 330 g/mol. The quantitative estimate of drug-likeness (QED) is 0.703. The molecule has 2 aromatic heterocycles. The van der Waals surface area contributed by atoms with Gasteiger partial charge < -0.3 is 0 Å². The van der Waals surface area contributed by atoms with E-state index in [1.165, 1.54) is 12.8 Å². The standard InChI is InChI=1S/C19H21N5O2/c25-19-15-4-1-2-5-16(15)21-18(24(19)11-13-7-8-13)17-6-3-9-23(17)12-14-10-20-26-22-14/h1-2,4-5,10,13,17H,3,6-9,11-12H2. The molecule has 0 amide bonds. The van der Waals surface area contributed by atoms with Crippen LogP contribution < -0.4 is 5.56 Å². The zero-order valence-electron chi connectivity index (χ0n) is 14.5. The molecule has 1 aliphatic carbocycles. The first kappa shape index (κ1) is 15.7. The molecule has 0 N–H and O–H groups in total. The van der Waals surface area contributed by atoms with Crippen molar-refractivity contribution in [3.05, 3.63) is 52.3 Å². The topological polar surface area (TPSA) is 77.1 Å². The average Bonchev–Trinajstić information content (AvgIpc) is 3.13. The minimum Gasteiger partial charge on any atom is -0.295 e. The summed E-state index contributed by atoms with van der Waals surface area (Å²) in [6.07, 6.45) is 6.15. The maximum absolute atomic E-state index is 13.2. The monoisotopic (exact) mass is 351 g/mol. The summed E-state index contributed by atoms with van der Waals surface area (Å²) in [5, 5.41) is 8.35. The normalized spacial score (nSPS) is 20.8. The Morgan fingerprint density at radius 3 is 2.88 bits per heavy atom. The fraction of sp³-hybridized carbons (Fsp3) is 0.474. The maximum Gasteiger partial charge on any atom is 0.261 e. The molecule has 1 atom stereocenters. The van der Waals surface area contributed by atoms with E-state index in [2.05, 4.69) is 15.2 Å². The number of hydrogen-bond donors (Lipinski definition) is 0. The number of para-hydroxylation sites is 1. The molecule has 3 aromatic rings. The van der Waals surface area contributed by atoms with Crippen molar-refractivity contribution in [3.63, 3.8) is 0 Å². The van der Waals surface area contributed by atoms with E-state index < -0.39 is 0 Å². The summed E-state index contributed by atoms with van der Waals surface area (Å²) < 4.78 is 6.66. The van der Waals surface area contributed by atoms with Gasteiger partial charge in [-0.15, -0.1) is 0 Å². The molecule has 5 rings (SSSR count). The molecule has 1 saturated heterocycles. The third-order valence-corrected chi connectivity index (χ3v) is 5.46. The van der Waals surface area contributed by atoms with Crippen LogP contribution in [0.25, 0.3) is 10.9 Å². The summed E-state index contributed by atoms with van der Waals surface area (Å²) in [5.74, 6) is 1.51. The zero-order chi connectivity index (χ0) is 17.5. The Bertz CT molecular complexity index is 977. The van der Waals surface area contributed by atoms with Gasteiger partial charge in [0, 0.05) is 13.1 Å². The van der Waals surface area contributed by atoms with E-state index in [0.717, 1.165) is 43.0 Å². The number of benzene rings is 1. The summed E-state index contributed by atoms with van der Waals surface area (Å²) >= 11 is 0. The Labute approximate surface area is 150 Å². The highest BCUT2D eigenvalue weighted by Gasteiger charge is 2.32. The Kier molecular flexibility index (Phi) is 3.81. The average molecular weight is 351 g/mol. The van der Waals surface area contributed by atoms with Crippen molar-refractivity contribution in [1.29, 1.82) is 0 Å². The molecule has 1 aliphatic heterocycles. The molecular formula is C19H21N5O2. The van der Waals surface area contributed by atoms with Crippen molar-refractivity contribution in [2.24, 2.45) is 5.92 Å². The van der Waals surface area contributed by atoms with E-state index >= 15 is 0 Å². The molecule has 26 heavy (non-hydrogen) atoms. The van der Waals surface area contributed by atoms with Gasteiger partial charge in [-0.2, -0.15) is 0 Å². The predicted octanol–water partition coefficient (Wildman–Crippen LogP) is 2.53. The summed E-state index contributed by atoms with van der Waals surface area (Å²) in [4.78, 5) is 20.4. The van der Waals surface area contributed by atoms with E-state index in [1.807, 2.05) is 28.8 Å². The minimum atomic E-state index is 0.0902. The van der Waals surface area contributed by atoms with Gasteiger partial charge in [0.25, 0.3) is 5.56 Å². The molecule has 134 valence electrons. The molecule has 1 saturated carbocycles. The predicted molar refractivity (Wildman–Crippen MR) is 95.4 cm³/mol. The lowest BCUT2D eigenvalue weighted by atomic mass is 10.1. The van der Waals surface area contributed by atoms with Crippen LogP contribution in [0.15, 0.2) is 39.9 Å². The third kappa shape index (κ3) is 2.82. The second-order valence-corrected chi connectivity index (χ2v) is 7.37. The lowest BCUT2D eigenvalue weighted by molar-refractivity contribution is 0.222. The molecule has 7 heteroatoms. The molecule has 0 radical (unpaired) electrons. The van der Waals surface area contributed by atoms with E-state index in [1.54, 1.807) is 6.20 Å². The van der Waals surface area contributed by atoms with E-state index in [9.17, 15) is 4.79 Å². The number of nitrogens with zero attached hydrogens (tertiary/aromatic N) is 5. The lowest BCUT2D eigenvalue weighted by Gasteiger charge is -2.25. The summed E-state index contributed by atoms with van der Waals surface area (Å²) in [6, 6.07) is 7.79. The van der Waals surface area contributed by atoms with Crippen molar-refractivity contribution in [2.75, 3.05) is 6.54 Å². The van der Waals surface area contributed by atoms with Gasteiger partial charge in [-0.1, -0.05) is 22.4 Å². The number of fused-ring (bicyclic) bond motifs is 1. The Morgan fingerprint density at radius 2 is 2.08 bits per heavy atom. The van der Waals surface area contributed by atoms with Crippen LogP contribution in [0.4, 0.5) is 0 Å². The highest BCUT2D eigenvalue weighted by molar-refractivity contribution is 5.77. The van der Waals surface area contributed by atoms with Crippen molar-refractivity contribution in [3.8, 4) is 0 Å². The Balaban J connectivity index is 1.58. The van der Waals surface area contributed by atoms with Crippen LogP contribution in [-0.2, 0) is 13.1 Å². The molecule has 1 unspecified atom stereocenters. The van der Waals surface area contributed by atoms with Crippen LogP contribution in [0.2, 0.25) is 0 Å². The number of aromatic nitrogens is 4. The van der Waals surface area contributed by atoms with Gasteiger partial charge in [-0.05, 0) is 50.3 Å². The van der Waals surface area contributed by atoms with E-state index in [-0.39, 0.29) is 11.6 Å². The first-order valence-electron chi connectivity index (χ1n) is 9.29. The SMILES string of the molecule is O=c1c2ccccc2nc(C2CCCN2Cc2cnon2)n1CC1CC1. The number of hydrogen-bond acceptors (Lipinski definition) is 6. The van der Waals surface area contributed by atoms with Gasteiger partial charge >= 0.3 is 0 Å². The largest absolute Gasteiger partial charge is 0.295 e. The van der Waals surface area contributed by atoms with Crippen LogP contribution >= 0.6 is 0 Å². The zero-order valence-corrected chi connectivity index (χ0v) is 14.5. The Morgan fingerprint density at radius 1 is 1.19 bits per heavy atom. The second-order valence-electron chi connectivity index (χ2n) is 7.37. The van der Waals surface area contributed by atoms with Crippen molar-refractivity contribution in [1.82, 2.24) is 24.8 Å². The molecule has 7 nitrogen and oxygen atoms in total. The molecule has 0 spiro atoms. The third-order valence-electron chi connectivity index (χ3n) is 5.46. The van der Waals surface area contributed by atoms with E-state index in [4.69, 9.17) is 9.61 Å². The van der Waals surface area contributed by atoms with Crippen LogP contribution in [-0.4, -0.2) is 31.3 Å². The maximum atomic E-state index is 13.2. The van der Waals surface area contributed by atoms with Gasteiger partial charge in [-0.25, -0.2) is 9.61 Å².